The lowest BCUT2D eigenvalue weighted by atomic mass is 10.1. The van der Waals surface area contributed by atoms with E-state index in [9.17, 15) is 0 Å². The van der Waals surface area contributed by atoms with Crippen LogP contribution in [0.4, 0.5) is 0 Å². The van der Waals surface area contributed by atoms with Gasteiger partial charge in [0.2, 0.25) is 0 Å². The number of methoxy groups -OCH3 is 1. The van der Waals surface area contributed by atoms with Crippen LogP contribution < -0.4 is 4.74 Å². The molecule has 2 aromatic heterocycles. The molecule has 0 bridgehead atoms. The molecule has 1 aromatic carbocycles. The van der Waals surface area contributed by atoms with Gasteiger partial charge >= 0.3 is 0 Å². The van der Waals surface area contributed by atoms with Gasteiger partial charge in [-0.05, 0) is 31.5 Å². The predicted octanol–water partition coefficient (Wildman–Crippen LogP) is 3.23. The molecule has 1 saturated heterocycles. The number of morpholine rings is 1. The van der Waals surface area contributed by atoms with Crippen LogP contribution in [0.25, 0.3) is 21.8 Å². The molecule has 4 rings (SSSR count). The zero-order valence-corrected chi connectivity index (χ0v) is 15.0. The molecule has 0 radical (unpaired) electrons. The Morgan fingerprint density at radius 3 is 2.76 bits per heavy atom. The molecule has 132 valence electrons. The van der Waals surface area contributed by atoms with Crippen molar-refractivity contribution in [2.24, 2.45) is 0 Å². The van der Waals surface area contributed by atoms with Gasteiger partial charge in [-0.3, -0.25) is 9.88 Å². The fourth-order valence-electron chi connectivity index (χ4n) is 3.84. The fourth-order valence-corrected chi connectivity index (χ4v) is 3.84. The molecule has 1 aliphatic rings. The van der Waals surface area contributed by atoms with Crippen molar-refractivity contribution in [3.05, 3.63) is 36.2 Å². The van der Waals surface area contributed by atoms with Gasteiger partial charge < -0.3 is 14.0 Å². The minimum atomic E-state index is 0.857. The topological polar surface area (TPSA) is 39.5 Å². The summed E-state index contributed by atoms with van der Waals surface area (Å²) in [5, 5.41) is 2.55. The highest BCUT2D eigenvalue weighted by atomic mass is 16.5. The number of aryl methyl sites for hydroxylation is 2. The third kappa shape index (κ3) is 3.10. The van der Waals surface area contributed by atoms with Crippen LogP contribution in [-0.4, -0.2) is 54.4 Å². The van der Waals surface area contributed by atoms with E-state index in [1.54, 1.807) is 7.11 Å². The van der Waals surface area contributed by atoms with E-state index in [-0.39, 0.29) is 0 Å². The molecule has 25 heavy (non-hydrogen) atoms. The molecule has 0 unspecified atom stereocenters. The smallest absolute Gasteiger partial charge is 0.120 e. The predicted molar refractivity (Wildman–Crippen MR) is 100 cm³/mol. The normalized spacial score (nSPS) is 15.9. The first-order valence-corrected chi connectivity index (χ1v) is 8.99. The molecule has 0 N–H and O–H groups in total. The van der Waals surface area contributed by atoms with E-state index in [1.165, 1.54) is 21.8 Å². The number of aromatic nitrogens is 2. The summed E-state index contributed by atoms with van der Waals surface area (Å²) in [7, 11) is 1.72. The van der Waals surface area contributed by atoms with Gasteiger partial charge in [0.25, 0.3) is 0 Å². The number of rotatable bonds is 5. The van der Waals surface area contributed by atoms with E-state index in [4.69, 9.17) is 9.47 Å². The monoisotopic (exact) mass is 339 g/mol. The van der Waals surface area contributed by atoms with E-state index in [0.717, 1.165) is 57.3 Å². The third-order valence-electron chi connectivity index (χ3n) is 5.12. The second kappa shape index (κ2) is 7.02. The van der Waals surface area contributed by atoms with Gasteiger partial charge in [0.15, 0.2) is 0 Å². The van der Waals surface area contributed by atoms with E-state index < -0.39 is 0 Å². The van der Waals surface area contributed by atoms with Crippen LogP contribution in [0.1, 0.15) is 12.1 Å². The number of ether oxygens (including phenoxy) is 2. The van der Waals surface area contributed by atoms with Gasteiger partial charge in [-0.15, -0.1) is 0 Å². The minimum absolute atomic E-state index is 0.857. The molecule has 5 nitrogen and oxygen atoms in total. The highest BCUT2D eigenvalue weighted by Gasteiger charge is 2.15. The number of nitrogens with zero attached hydrogens (tertiary/aromatic N) is 3. The van der Waals surface area contributed by atoms with Crippen LogP contribution in [0.2, 0.25) is 0 Å². The second-order valence-corrected chi connectivity index (χ2v) is 6.63. The van der Waals surface area contributed by atoms with Crippen LogP contribution in [0.3, 0.4) is 0 Å². The Morgan fingerprint density at radius 1 is 1.12 bits per heavy atom. The van der Waals surface area contributed by atoms with Gasteiger partial charge in [-0.25, -0.2) is 0 Å². The van der Waals surface area contributed by atoms with E-state index >= 15 is 0 Å². The Kier molecular flexibility index (Phi) is 4.59. The largest absolute Gasteiger partial charge is 0.497 e. The van der Waals surface area contributed by atoms with Crippen molar-refractivity contribution in [1.29, 1.82) is 0 Å². The van der Waals surface area contributed by atoms with Crippen molar-refractivity contribution in [2.45, 2.75) is 19.9 Å². The summed E-state index contributed by atoms with van der Waals surface area (Å²) >= 11 is 0. The molecule has 3 heterocycles. The number of fused-ring (bicyclic) bond motifs is 3. The molecular formula is C20H25N3O2. The molecule has 1 fully saturated rings. The maximum absolute atomic E-state index is 5.45. The molecule has 1 aliphatic heterocycles. The number of hydrogen-bond acceptors (Lipinski definition) is 4. The lowest BCUT2D eigenvalue weighted by Gasteiger charge is -2.26. The Bertz CT molecular complexity index is 881. The van der Waals surface area contributed by atoms with Gasteiger partial charge in [0, 0.05) is 49.2 Å². The number of benzene rings is 1. The molecule has 0 saturated carbocycles. The molecule has 0 atom stereocenters. The van der Waals surface area contributed by atoms with Gasteiger partial charge in [-0.2, -0.15) is 0 Å². The maximum Gasteiger partial charge on any atom is 0.120 e. The molecule has 5 heteroatoms. The number of pyridine rings is 1. The van der Waals surface area contributed by atoms with E-state index in [0.29, 0.717) is 0 Å². The van der Waals surface area contributed by atoms with Gasteiger partial charge in [0.1, 0.15) is 5.75 Å². The van der Waals surface area contributed by atoms with E-state index in [1.807, 2.05) is 12.3 Å². The molecular weight excluding hydrogens is 314 g/mol. The average Bonchev–Trinajstić information content (AvgIpc) is 2.97. The summed E-state index contributed by atoms with van der Waals surface area (Å²) < 4.78 is 13.3. The highest BCUT2D eigenvalue weighted by Crippen LogP contribution is 2.32. The standard InChI is InChI=1S/C20H25N3O2/c1-15-20-18(6-7-21-15)17-5-4-16(24-2)14-19(17)23(20)9-3-8-22-10-12-25-13-11-22/h4-7,14H,3,8-13H2,1-2H3. The molecule has 0 amide bonds. The summed E-state index contributed by atoms with van der Waals surface area (Å²) in [6, 6.07) is 8.46. The average molecular weight is 339 g/mol. The summed E-state index contributed by atoms with van der Waals surface area (Å²) in [6.07, 6.45) is 3.02. The first-order valence-electron chi connectivity index (χ1n) is 8.99. The summed E-state index contributed by atoms with van der Waals surface area (Å²) in [6.45, 7) is 7.98. The van der Waals surface area contributed by atoms with E-state index in [2.05, 4.69) is 39.6 Å². The van der Waals surface area contributed by atoms with Crippen molar-refractivity contribution in [3.63, 3.8) is 0 Å². The SMILES string of the molecule is COc1ccc2c3ccnc(C)c3n(CCCN3CCOCC3)c2c1. The maximum atomic E-state index is 5.45. The van der Waals surface area contributed by atoms with Crippen molar-refractivity contribution in [1.82, 2.24) is 14.5 Å². The Hall–Kier alpha value is -2.11. The van der Waals surface area contributed by atoms with Crippen LogP contribution in [-0.2, 0) is 11.3 Å². The lowest BCUT2D eigenvalue weighted by molar-refractivity contribution is 0.0370. The van der Waals surface area contributed by atoms with Crippen LogP contribution in [0.5, 0.6) is 5.75 Å². The quantitative estimate of drug-likeness (QED) is 0.715. The zero-order chi connectivity index (χ0) is 17.2. The zero-order valence-electron chi connectivity index (χ0n) is 15.0. The lowest BCUT2D eigenvalue weighted by Crippen LogP contribution is -2.37. The summed E-state index contributed by atoms with van der Waals surface area (Å²) in [5.74, 6) is 0.898. The minimum Gasteiger partial charge on any atom is -0.497 e. The first kappa shape index (κ1) is 16.4. The molecule has 3 aromatic rings. The number of hydrogen-bond donors (Lipinski definition) is 0. The van der Waals surface area contributed by atoms with Gasteiger partial charge in [-0.1, -0.05) is 0 Å². The summed E-state index contributed by atoms with van der Waals surface area (Å²) in [4.78, 5) is 7.01. The van der Waals surface area contributed by atoms with Crippen LogP contribution in [0.15, 0.2) is 30.5 Å². The molecule has 0 spiro atoms. The fraction of sp³-hybridized carbons (Fsp3) is 0.450. The van der Waals surface area contributed by atoms with Crippen molar-refractivity contribution < 1.29 is 9.47 Å². The van der Waals surface area contributed by atoms with Crippen molar-refractivity contribution in [3.8, 4) is 5.75 Å². The van der Waals surface area contributed by atoms with Crippen LogP contribution >= 0.6 is 0 Å². The van der Waals surface area contributed by atoms with Gasteiger partial charge in [0.05, 0.1) is 37.1 Å². The summed E-state index contributed by atoms with van der Waals surface area (Å²) in [5.41, 5.74) is 3.55. The van der Waals surface area contributed by atoms with Crippen molar-refractivity contribution in [2.75, 3.05) is 40.0 Å². The van der Waals surface area contributed by atoms with Crippen molar-refractivity contribution >= 4 is 21.8 Å². The Morgan fingerprint density at radius 2 is 1.96 bits per heavy atom. The molecule has 0 aliphatic carbocycles. The third-order valence-corrected chi connectivity index (χ3v) is 5.12. The first-order chi connectivity index (χ1) is 12.3. The second-order valence-electron chi connectivity index (χ2n) is 6.63. The Labute approximate surface area is 148 Å². The highest BCUT2D eigenvalue weighted by molar-refractivity contribution is 6.09. The van der Waals surface area contributed by atoms with Crippen LogP contribution in [0, 0.1) is 6.92 Å². The Balaban J connectivity index is 1.69.